The summed E-state index contributed by atoms with van der Waals surface area (Å²) in [5.74, 6) is -1.24. The Balaban J connectivity index is 0.000000285. The van der Waals surface area contributed by atoms with Gasteiger partial charge in [0.1, 0.15) is 6.61 Å². The third-order valence-electron chi connectivity index (χ3n) is 3.30. The molecule has 0 aliphatic carbocycles. The van der Waals surface area contributed by atoms with Crippen molar-refractivity contribution in [2.75, 3.05) is 5.73 Å². The minimum Gasteiger partial charge on any atom is -0.478 e. The number of amides is 1. The summed E-state index contributed by atoms with van der Waals surface area (Å²) in [6, 6.07) is 12.7. The first-order valence-electron chi connectivity index (χ1n) is 8.19. The molecule has 162 valence electrons. The van der Waals surface area contributed by atoms with Gasteiger partial charge in [-0.05, 0) is 35.9 Å². The van der Waals surface area contributed by atoms with E-state index in [0.717, 1.165) is 23.3 Å². The molecule has 1 amide bonds. The number of thiol groups is 1. The summed E-state index contributed by atoms with van der Waals surface area (Å²) in [4.78, 5) is 37.1. The summed E-state index contributed by atoms with van der Waals surface area (Å²) in [6.45, 7) is -0.159. The molecule has 4 N–H and O–H groups in total. The second-order valence-corrected chi connectivity index (χ2v) is 8.07. The first-order valence-corrected chi connectivity index (χ1v) is 10.3. The van der Waals surface area contributed by atoms with Crippen LogP contribution in [-0.2, 0) is 11.4 Å². The number of benzene rings is 2. The molecule has 11 nitrogen and oxygen atoms in total. The van der Waals surface area contributed by atoms with Gasteiger partial charge in [0.05, 0.1) is 5.56 Å². The van der Waals surface area contributed by atoms with Crippen molar-refractivity contribution in [1.29, 1.82) is 0 Å². The van der Waals surface area contributed by atoms with Crippen molar-refractivity contribution in [3.05, 3.63) is 75.3 Å². The normalized spacial score (nSPS) is 9.84. The summed E-state index contributed by atoms with van der Waals surface area (Å²) in [5.41, 5.74) is 6.69. The number of nitrogens with one attached hydrogen (secondary N) is 1. The Bertz CT molecular complexity index is 1060. The van der Waals surface area contributed by atoms with Crippen LogP contribution in [0, 0.1) is 10.1 Å². The number of hydrogen-bond donors (Lipinski definition) is 4. The Kier molecular flexibility index (Phi) is 9.05. The number of carbonyl (C=O) groups excluding carboxylic acids is 1. The fraction of sp³-hybridized carbons (Fsp3) is 0.0588. The summed E-state index contributed by atoms with van der Waals surface area (Å²) in [7, 11) is 0. The van der Waals surface area contributed by atoms with Crippen LogP contribution in [0.25, 0.3) is 0 Å². The number of carboxylic acids is 1. The van der Waals surface area contributed by atoms with Crippen LogP contribution < -0.4 is 10.5 Å². The van der Waals surface area contributed by atoms with E-state index in [-0.39, 0.29) is 18.1 Å². The topological polar surface area (TPSA) is 171 Å². The largest absolute Gasteiger partial charge is 0.478 e. The lowest BCUT2D eigenvalue weighted by atomic mass is 10.1. The Morgan fingerprint density at radius 2 is 1.94 bits per heavy atom. The predicted octanol–water partition coefficient (Wildman–Crippen LogP) is 2.94. The highest BCUT2D eigenvalue weighted by Gasteiger charge is 2.09. The van der Waals surface area contributed by atoms with E-state index in [4.69, 9.17) is 10.8 Å². The molecule has 0 bridgehead atoms. The van der Waals surface area contributed by atoms with Gasteiger partial charge in [0.15, 0.2) is 4.34 Å². The number of carboxylic acid groups (broad SMARTS) is 1. The number of rotatable bonds is 7. The molecule has 1 heterocycles. The van der Waals surface area contributed by atoms with Gasteiger partial charge in [-0.2, -0.15) is 0 Å². The van der Waals surface area contributed by atoms with Gasteiger partial charge in [-0.3, -0.25) is 9.52 Å². The Morgan fingerprint density at radius 3 is 2.45 bits per heavy atom. The lowest BCUT2D eigenvalue weighted by Gasteiger charge is -2.03. The van der Waals surface area contributed by atoms with E-state index in [9.17, 15) is 19.7 Å². The SMILES string of the molecule is Nc1nnc(SNC(=O)c2ccc(CO[N+](=O)[O-])cc2)s1.O=C(O)c1cccc(S)c1. The van der Waals surface area contributed by atoms with Crippen molar-refractivity contribution in [3.8, 4) is 0 Å². The average Bonchev–Trinajstić information content (AvgIpc) is 3.16. The van der Waals surface area contributed by atoms with Crippen molar-refractivity contribution < 1.29 is 24.6 Å². The molecular weight excluding hydrogens is 466 g/mol. The summed E-state index contributed by atoms with van der Waals surface area (Å²) >= 11 is 6.16. The zero-order chi connectivity index (χ0) is 22.8. The van der Waals surface area contributed by atoms with E-state index in [1.54, 1.807) is 36.4 Å². The van der Waals surface area contributed by atoms with Gasteiger partial charge < -0.3 is 15.7 Å². The first-order chi connectivity index (χ1) is 14.7. The van der Waals surface area contributed by atoms with E-state index in [0.29, 0.717) is 25.5 Å². The quantitative estimate of drug-likeness (QED) is 0.170. The highest BCUT2D eigenvalue weighted by molar-refractivity contribution is 7.99. The number of carbonyl (C=O) groups is 2. The van der Waals surface area contributed by atoms with Gasteiger partial charge in [0.25, 0.3) is 11.0 Å². The molecule has 0 aliphatic rings. The number of nitrogen functional groups attached to an aromatic ring is 1. The van der Waals surface area contributed by atoms with E-state index < -0.39 is 11.1 Å². The molecule has 3 rings (SSSR count). The maximum absolute atomic E-state index is 11.9. The van der Waals surface area contributed by atoms with Crippen LogP contribution in [0.2, 0.25) is 0 Å². The lowest BCUT2D eigenvalue weighted by Crippen LogP contribution is -2.15. The third kappa shape index (κ3) is 8.49. The van der Waals surface area contributed by atoms with E-state index in [1.165, 1.54) is 12.1 Å². The Morgan fingerprint density at radius 1 is 1.23 bits per heavy atom. The average molecular weight is 482 g/mol. The van der Waals surface area contributed by atoms with Crippen LogP contribution in [0.5, 0.6) is 0 Å². The van der Waals surface area contributed by atoms with Gasteiger partial charge in [-0.25, -0.2) is 4.79 Å². The molecule has 2 aromatic carbocycles. The molecule has 0 fully saturated rings. The van der Waals surface area contributed by atoms with Crippen molar-refractivity contribution in [2.45, 2.75) is 15.8 Å². The van der Waals surface area contributed by atoms with Crippen molar-refractivity contribution in [3.63, 3.8) is 0 Å². The molecule has 1 aromatic heterocycles. The van der Waals surface area contributed by atoms with Gasteiger partial charge >= 0.3 is 5.97 Å². The molecule has 0 aliphatic heterocycles. The van der Waals surface area contributed by atoms with Crippen LogP contribution in [0.3, 0.4) is 0 Å². The summed E-state index contributed by atoms with van der Waals surface area (Å²) in [6.07, 6.45) is 0. The maximum atomic E-state index is 11.9. The van der Waals surface area contributed by atoms with Crippen molar-refractivity contribution >= 4 is 52.9 Å². The molecule has 31 heavy (non-hydrogen) atoms. The molecule has 14 heteroatoms. The highest BCUT2D eigenvalue weighted by Crippen LogP contribution is 2.21. The third-order valence-corrected chi connectivity index (χ3v) is 5.17. The van der Waals surface area contributed by atoms with Crippen LogP contribution >= 0.6 is 35.9 Å². The standard InChI is InChI=1S/C10H9N5O4S2.C7H6O2S/c11-9-12-13-10(20-9)21-14-8(16)7-3-1-6(2-4-7)5-19-15(17)18;8-7(9)5-2-1-3-6(10)4-5/h1-4H,5H2,(H2,11,12)(H,14,16);1-4,10H,(H,8,9). The zero-order valence-electron chi connectivity index (χ0n) is 15.5. The highest BCUT2D eigenvalue weighted by atomic mass is 32.2. The van der Waals surface area contributed by atoms with Gasteiger partial charge in [-0.1, -0.05) is 29.5 Å². The van der Waals surface area contributed by atoms with E-state index >= 15 is 0 Å². The number of hydrogen-bond acceptors (Lipinski definition) is 11. The van der Waals surface area contributed by atoms with E-state index in [1.807, 2.05) is 0 Å². The summed E-state index contributed by atoms with van der Waals surface area (Å²) < 4.78 is 3.11. The minimum absolute atomic E-state index is 0.159. The van der Waals surface area contributed by atoms with Crippen molar-refractivity contribution in [1.82, 2.24) is 14.9 Å². The van der Waals surface area contributed by atoms with Gasteiger partial charge in [0, 0.05) is 22.4 Å². The molecule has 3 aromatic rings. The molecule has 0 radical (unpaired) electrons. The number of nitrogens with zero attached hydrogens (tertiary/aromatic N) is 3. The van der Waals surface area contributed by atoms with Crippen LogP contribution in [0.1, 0.15) is 26.3 Å². The predicted molar refractivity (Wildman–Crippen MR) is 117 cm³/mol. The van der Waals surface area contributed by atoms with Crippen molar-refractivity contribution in [2.24, 2.45) is 0 Å². The first kappa shape index (κ1) is 23.9. The minimum atomic E-state index is -0.920. The number of nitrogens with two attached hydrogens (primary N) is 1. The number of aromatic carboxylic acids is 1. The Labute approximate surface area is 189 Å². The fourth-order valence-corrected chi connectivity index (χ4v) is 3.42. The number of anilines is 1. The molecule has 0 spiro atoms. The fourth-order valence-electron chi connectivity index (χ4n) is 1.93. The molecular formula is C17H15N5O6S3. The maximum Gasteiger partial charge on any atom is 0.335 e. The molecule has 0 atom stereocenters. The van der Waals surface area contributed by atoms with E-state index in [2.05, 4.69) is 32.4 Å². The second kappa shape index (κ2) is 11.7. The molecule has 0 saturated carbocycles. The molecule has 0 saturated heterocycles. The lowest BCUT2D eigenvalue weighted by molar-refractivity contribution is -0.763. The van der Waals surface area contributed by atoms with Gasteiger partial charge in [-0.15, -0.1) is 32.9 Å². The summed E-state index contributed by atoms with van der Waals surface area (Å²) in [5, 5.41) is 25.4. The monoisotopic (exact) mass is 481 g/mol. The zero-order valence-corrected chi connectivity index (χ0v) is 18.0. The van der Waals surface area contributed by atoms with Crippen LogP contribution in [-0.4, -0.2) is 32.3 Å². The van der Waals surface area contributed by atoms with Crippen LogP contribution in [0.4, 0.5) is 5.13 Å². The van der Waals surface area contributed by atoms with Gasteiger partial charge in [0.2, 0.25) is 5.13 Å². The number of aromatic nitrogens is 2. The molecule has 0 unspecified atom stereocenters. The second-order valence-electron chi connectivity index (χ2n) is 5.49. The van der Waals surface area contributed by atoms with Crippen LogP contribution in [0.15, 0.2) is 57.8 Å². The smallest absolute Gasteiger partial charge is 0.335 e. The Hall–Kier alpha value is -3.36.